The van der Waals surface area contributed by atoms with Gasteiger partial charge in [0.25, 0.3) is 0 Å². The summed E-state index contributed by atoms with van der Waals surface area (Å²) in [5, 5.41) is 0. The summed E-state index contributed by atoms with van der Waals surface area (Å²) in [5.74, 6) is 0.0697. The third-order valence-corrected chi connectivity index (χ3v) is 10.7. The maximum Gasteiger partial charge on any atom is 0.224 e. The highest BCUT2D eigenvalue weighted by Gasteiger charge is 2.44. The van der Waals surface area contributed by atoms with Gasteiger partial charge in [0.2, 0.25) is 11.6 Å². The van der Waals surface area contributed by atoms with Crippen molar-refractivity contribution in [1.29, 1.82) is 0 Å². The van der Waals surface area contributed by atoms with E-state index in [-0.39, 0.29) is 16.7 Å². The van der Waals surface area contributed by atoms with Crippen molar-refractivity contribution in [3.05, 3.63) is 142 Å². The van der Waals surface area contributed by atoms with Crippen LogP contribution in [0, 0.1) is 0 Å². The third kappa shape index (κ3) is 6.50. The Labute approximate surface area is 294 Å². The molecule has 6 rings (SSSR count). The molecule has 2 heterocycles. The predicted octanol–water partition coefficient (Wildman–Crippen LogP) is 10.5. The van der Waals surface area contributed by atoms with E-state index in [4.69, 9.17) is 0 Å². The number of carbonyl (C=O) groups excluding carboxylic acids is 1. The van der Waals surface area contributed by atoms with Crippen LogP contribution in [0.4, 0.5) is 11.4 Å². The van der Waals surface area contributed by atoms with E-state index in [0.717, 1.165) is 56.5 Å². The fraction of sp³-hybridized carbons (Fsp3) is 0.378. The molecule has 0 radical (unpaired) electrons. The molecule has 49 heavy (non-hydrogen) atoms. The van der Waals surface area contributed by atoms with Gasteiger partial charge >= 0.3 is 0 Å². The van der Waals surface area contributed by atoms with E-state index in [1.165, 1.54) is 45.1 Å². The molecule has 0 saturated heterocycles. The molecule has 0 N–H and O–H groups in total. The van der Waals surface area contributed by atoms with Gasteiger partial charge in [-0.05, 0) is 73.9 Å². The second-order valence-corrected chi connectivity index (χ2v) is 14.9. The number of allylic oxidation sites excluding steroid dienone is 7. The maximum atomic E-state index is 13.6. The Morgan fingerprint density at radius 1 is 0.816 bits per heavy atom. The van der Waals surface area contributed by atoms with Gasteiger partial charge in [0.05, 0.1) is 17.7 Å². The van der Waals surface area contributed by atoms with Crippen LogP contribution >= 0.6 is 0 Å². The zero-order valence-corrected chi connectivity index (χ0v) is 30.7. The van der Waals surface area contributed by atoms with Crippen molar-refractivity contribution in [2.24, 2.45) is 0 Å². The largest absolute Gasteiger partial charge is 0.344 e. The fourth-order valence-electron chi connectivity index (χ4n) is 8.27. The first-order valence-corrected chi connectivity index (χ1v) is 18.4. The van der Waals surface area contributed by atoms with Crippen molar-refractivity contribution in [2.45, 2.75) is 97.9 Å². The third-order valence-electron chi connectivity index (χ3n) is 10.7. The molecule has 4 heteroatoms. The SMILES string of the molecule is CCCN1/C(=C/C=C2\CCCC(/C=C/C3=[N+](CCC)c4ccccc4C3(C)C)=C2N(Cc2ccccc2)C(C)=O)C(C)(C)c2ccccc21. The van der Waals surface area contributed by atoms with Crippen LogP contribution in [0.25, 0.3) is 0 Å². The molecule has 0 spiro atoms. The summed E-state index contributed by atoms with van der Waals surface area (Å²) in [6.45, 7) is 18.1. The summed E-state index contributed by atoms with van der Waals surface area (Å²) in [5.41, 5.74) is 12.4. The van der Waals surface area contributed by atoms with Crippen molar-refractivity contribution in [3.8, 4) is 0 Å². The Morgan fingerprint density at radius 2 is 1.51 bits per heavy atom. The minimum atomic E-state index is -0.114. The number of carbonyl (C=O) groups is 1. The molecule has 0 saturated carbocycles. The van der Waals surface area contributed by atoms with Crippen LogP contribution < -0.4 is 4.90 Å². The highest BCUT2D eigenvalue weighted by molar-refractivity contribution is 6.03. The minimum absolute atomic E-state index is 0.0697. The molecule has 254 valence electrons. The summed E-state index contributed by atoms with van der Waals surface area (Å²) in [6, 6.07) is 28.1. The lowest BCUT2D eigenvalue weighted by Gasteiger charge is -2.32. The number of rotatable bonds is 10. The molecule has 4 nitrogen and oxygen atoms in total. The normalized spacial score (nSPS) is 19.7. The van der Waals surface area contributed by atoms with Gasteiger partial charge in [0.15, 0.2) is 5.71 Å². The van der Waals surface area contributed by atoms with E-state index < -0.39 is 0 Å². The first kappa shape index (κ1) is 34.4. The van der Waals surface area contributed by atoms with Gasteiger partial charge in [-0.1, -0.05) is 107 Å². The van der Waals surface area contributed by atoms with Crippen LogP contribution in [-0.4, -0.2) is 34.2 Å². The average molecular weight is 653 g/mol. The van der Waals surface area contributed by atoms with E-state index in [9.17, 15) is 4.79 Å². The molecular weight excluding hydrogens is 599 g/mol. The quantitative estimate of drug-likeness (QED) is 0.204. The van der Waals surface area contributed by atoms with Crippen molar-refractivity contribution in [3.63, 3.8) is 0 Å². The van der Waals surface area contributed by atoms with E-state index in [0.29, 0.717) is 6.54 Å². The van der Waals surface area contributed by atoms with Crippen molar-refractivity contribution in [1.82, 2.24) is 4.90 Å². The van der Waals surface area contributed by atoms with Gasteiger partial charge in [-0.25, -0.2) is 0 Å². The van der Waals surface area contributed by atoms with Gasteiger partial charge in [-0.2, -0.15) is 4.58 Å². The van der Waals surface area contributed by atoms with Crippen molar-refractivity contribution < 1.29 is 9.37 Å². The maximum absolute atomic E-state index is 13.6. The Kier molecular flexibility index (Phi) is 9.97. The summed E-state index contributed by atoms with van der Waals surface area (Å²) in [4.78, 5) is 18.2. The highest BCUT2D eigenvalue weighted by Crippen LogP contribution is 2.48. The Morgan fingerprint density at radius 3 is 2.22 bits per heavy atom. The number of para-hydroxylation sites is 2. The standard InChI is InChI=1S/C45H54N3O/c1-8-30-46-39-24-15-13-22-37(39)44(4,5)41(46)28-26-35-20-17-21-36(43(35)48(33(3)49)32-34-18-11-10-12-19-34)27-29-42-45(6,7)38-23-14-16-25-40(38)47(42)31-9-2/h10-16,18-19,22-29H,8-9,17,20-21,30-32H2,1-7H3/q+1. The monoisotopic (exact) mass is 652 g/mol. The molecule has 1 amide bonds. The number of hydrogen-bond donors (Lipinski definition) is 0. The van der Waals surface area contributed by atoms with E-state index in [2.05, 4.69) is 148 Å². The van der Waals surface area contributed by atoms with Gasteiger partial charge in [-0.15, -0.1) is 0 Å². The van der Waals surface area contributed by atoms with Gasteiger partial charge in [-0.3, -0.25) is 4.79 Å². The first-order valence-electron chi connectivity index (χ1n) is 18.4. The molecular formula is C45H54N3O+. The van der Waals surface area contributed by atoms with E-state index in [1.54, 1.807) is 6.92 Å². The molecule has 0 fully saturated rings. The molecule has 3 aromatic carbocycles. The fourth-order valence-corrected chi connectivity index (χ4v) is 8.27. The van der Waals surface area contributed by atoms with Crippen molar-refractivity contribution >= 4 is 23.0 Å². The van der Waals surface area contributed by atoms with Gasteiger partial charge in [0.1, 0.15) is 6.54 Å². The van der Waals surface area contributed by atoms with Gasteiger partial charge in [0, 0.05) is 54.4 Å². The number of fused-ring (bicyclic) bond motifs is 2. The predicted molar refractivity (Wildman–Crippen MR) is 206 cm³/mol. The number of benzene rings is 3. The number of hydrogen-bond acceptors (Lipinski definition) is 2. The molecule has 0 atom stereocenters. The van der Waals surface area contributed by atoms with Gasteiger partial charge < -0.3 is 9.80 Å². The van der Waals surface area contributed by atoms with Crippen molar-refractivity contribution in [2.75, 3.05) is 18.0 Å². The van der Waals surface area contributed by atoms with Crippen LogP contribution in [0.5, 0.6) is 0 Å². The number of anilines is 1. The van der Waals surface area contributed by atoms with E-state index in [1.807, 2.05) is 11.0 Å². The van der Waals surface area contributed by atoms with Crippen LogP contribution in [0.15, 0.2) is 126 Å². The molecule has 0 aromatic heterocycles. The van der Waals surface area contributed by atoms with Crippen LogP contribution in [0.2, 0.25) is 0 Å². The second kappa shape index (κ2) is 14.2. The van der Waals surface area contributed by atoms with Crippen LogP contribution in [0.1, 0.15) is 97.3 Å². The summed E-state index contributed by atoms with van der Waals surface area (Å²) >= 11 is 0. The number of nitrogens with zero attached hydrogens (tertiary/aromatic N) is 3. The Hall–Kier alpha value is -4.44. The Bertz CT molecular complexity index is 1870. The highest BCUT2D eigenvalue weighted by atomic mass is 16.2. The number of amides is 1. The molecule has 1 aliphatic carbocycles. The molecule has 0 unspecified atom stereocenters. The zero-order valence-electron chi connectivity index (χ0n) is 30.7. The second-order valence-electron chi connectivity index (χ2n) is 14.9. The smallest absolute Gasteiger partial charge is 0.224 e. The molecule has 2 aliphatic heterocycles. The Balaban J connectivity index is 1.50. The van der Waals surface area contributed by atoms with Crippen LogP contribution in [-0.2, 0) is 22.2 Å². The molecule has 3 aromatic rings. The first-order chi connectivity index (χ1) is 23.6. The summed E-state index contributed by atoms with van der Waals surface area (Å²) in [6.07, 6.45) is 14.4. The summed E-state index contributed by atoms with van der Waals surface area (Å²) in [7, 11) is 0. The topological polar surface area (TPSA) is 26.6 Å². The zero-order chi connectivity index (χ0) is 34.8. The lowest BCUT2D eigenvalue weighted by atomic mass is 9.81. The van der Waals surface area contributed by atoms with Crippen LogP contribution in [0.3, 0.4) is 0 Å². The lowest BCUT2D eigenvalue weighted by Crippen LogP contribution is -2.31. The molecule has 0 bridgehead atoms. The van der Waals surface area contributed by atoms with E-state index >= 15 is 0 Å². The summed E-state index contributed by atoms with van der Waals surface area (Å²) < 4.78 is 2.50. The lowest BCUT2D eigenvalue weighted by molar-refractivity contribution is -0.437. The molecule has 3 aliphatic rings. The minimum Gasteiger partial charge on any atom is -0.344 e. The average Bonchev–Trinajstić information content (AvgIpc) is 3.44.